The molecule has 3 spiro atoms. The van der Waals surface area contributed by atoms with Gasteiger partial charge >= 0.3 is 24.2 Å². The van der Waals surface area contributed by atoms with Gasteiger partial charge in [0.05, 0.1) is 16.6 Å². The summed E-state index contributed by atoms with van der Waals surface area (Å²) in [4.78, 5) is 72.8. The van der Waals surface area contributed by atoms with E-state index in [1.807, 2.05) is 25.7 Å². The van der Waals surface area contributed by atoms with Gasteiger partial charge in [-0.15, -0.1) is 12.4 Å². The van der Waals surface area contributed by atoms with Crippen LogP contribution in [0.2, 0.25) is 0 Å². The first kappa shape index (κ1) is 68.3. The lowest BCUT2D eigenvalue weighted by Gasteiger charge is -2.51. The first-order valence-corrected chi connectivity index (χ1v) is 35.7. The second-order valence-electron chi connectivity index (χ2n) is 31.9. The molecule has 5 aliphatic heterocycles. The normalized spacial score (nSPS) is 31.3. The molecule has 0 bridgehead atoms. The third-order valence-corrected chi connectivity index (χ3v) is 24.7. The van der Waals surface area contributed by atoms with Gasteiger partial charge in [-0.2, -0.15) is 0 Å². The Morgan fingerprint density at radius 1 is 0.478 bits per heavy atom. The summed E-state index contributed by atoms with van der Waals surface area (Å²) < 4.78 is 5.59. The van der Waals surface area contributed by atoms with E-state index in [0.717, 1.165) is 167 Å². The van der Waals surface area contributed by atoms with Crippen molar-refractivity contribution in [1.82, 2.24) is 54.7 Å². The third-order valence-electron chi connectivity index (χ3n) is 24.7. The Morgan fingerprint density at radius 2 is 0.815 bits per heavy atom. The van der Waals surface area contributed by atoms with Gasteiger partial charge in [0.1, 0.15) is 5.60 Å². The van der Waals surface area contributed by atoms with Crippen LogP contribution in [-0.4, -0.2) is 210 Å². The number of carbonyl (C=O) groups excluding carboxylic acids is 4. The lowest BCUT2D eigenvalue weighted by atomic mass is 9.68. The first-order chi connectivity index (χ1) is 43.6. The van der Waals surface area contributed by atoms with Crippen molar-refractivity contribution in [1.29, 1.82) is 0 Å². The molecule has 6 aliphatic carbocycles. The monoisotopic (exact) mass is 1280 g/mol. The fourth-order valence-corrected chi connectivity index (χ4v) is 18.1. The van der Waals surface area contributed by atoms with Crippen molar-refractivity contribution in [2.24, 2.45) is 17.8 Å². The van der Waals surface area contributed by atoms with E-state index in [-0.39, 0.29) is 69.8 Å². The zero-order valence-electron chi connectivity index (χ0n) is 57.6. The highest BCUT2D eigenvalue weighted by atomic mass is 35.5. The molecule has 11 aliphatic rings. The summed E-state index contributed by atoms with van der Waals surface area (Å²) in [6.07, 6.45) is 24.4. The molecule has 3 aromatic rings. The summed E-state index contributed by atoms with van der Waals surface area (Å²) in [6, 6.07) is 34.2. The van der Waals surface area contributed by atoms with Crippen LogP contribution < -0.4 is 10.6 Å². The van der Waals surface area contributed by atoms with E-state index in [1.54, 1.807) is 0 Å². The van der Waals surface area contributed by atoms with Crippen LogP contribution in [0, 0.1) is 17.8 Å². The summed E-state index contributed by atoms with van der Waals surface area (Å²) in [5, 5.41) is 6.59. The number of rotatable bonds is 14. The van der Waals surface area contributed by atoms with Crippen molar-refractivity contribution in [2.75, 3.05) is 108 Å². The second-order valence-corrected chi connectivity index (χ2v) is 31.9. The Bertz CT molecular complexity index is 2950. The molecule has 14 rings (SSSR count). The summed E-state index contributed by atoms with van der Waals surface area (Å²) >= 11 is 0. The predicted octanol–water partition coefficient (Wildman–Crippen LogP) is 12.6. The van der Waals surface area contributed by atoms with Gasteiger partial charge in [0, 0.05) is 81.1 Å². The smallest absolute Gasteiger partial charge is 0.410 e. The maximum atomic E-state index is 13.9. The van der Waals surface area contributed by atoms with E-state index >= 15 is 0 Å². The summed E-state index contributed by atoms with van der Waals surface area (Å²) in [7, 11) is 13.3. The maximum Gasteiger partial charge on any atom is 0.410 e. The fraction of sp³-hybridized carbons (Fsp3) is 0.707. The number of likely N-dealkylation sites (tertiary alicyclic amines) is 1. The molecule has 92 heavy (non-hydrogen) atoms. The van der Waals surface area contributed by atoms with Crippen molar-refractivity contribution in [3.8, 4) is 0 Å². The molecule has 506 valence electrons. The average molecular weight is 1290 g/mol. The van der Waals surface area contributed by atoms with Crippen LogP contribution in [-0.2, 0) is 21.4 Å². The molecule has 2 N–H and O–H groups in total. The number of urea groups is 3. The Morgan fingerprint density at radius 3 is 1.15 bits per heavy atom. The molecule has 6 saturated carbocycles. The Labute approximate surface area is 558 Å². The quantitative estimate of drug-likeness (QED) is 0.162. The number of nitrogens with one attached hydrogen (secondary N) is 2. The molecule has 3 aromatic carbocycles. The number of benzene rings is 3. The molecule has 5 saturated heterocycles. The van der Waals surface area contributed by atoms with Crippen LogP contribution in [0.25, 0.3) is 0 Å². The largest absolute Gasteiger partial charge is 0.444 e. The maximum absolute atomic E-state index is 13.9. The standard InChI is InChI=1S/C30H46N4O3.C25H38N4O.C20H29N3O.ClH/c1-28(2,3)37-27(36)32-19-13-25(14-20-32)33-22-29(34(26(33)35)21-23-11-12-23)15-17-30(18-16-29,31(4)5)24-9-7-6-8-10-24;1-27(2)25(21-6-4-3-5-7-21)14-12-24(13-15-25)19-28(22-10-16-26-17-11-22)23(30)29(24)18-20-8-9-20;1-22(2)20(17-6-4-3-5-7-17)12-10-19(11-13-20)15-21-18(24)23(19)14-16-8-9-16;/h6-10,23,25H,11-22H2,1-5H3;3-7,20,22,26H,8-19H2,1-2H3;3-7,16H,8-15H2,1-2H3,(H,21,24);1H. The van der Waals surface area contributed by atoms with E-state index < -0.39 is 5.60 Å². The highest BCUT2D eigenvalue weighted by Gasteiger charge is 2.59. The fourth-order valence-electron chi connectivity index (χ4n) is 18.1. The number of ether oxygens (including phenoxy) is 1. The zero-order valence-corrected chi connectivity index (χ0v) is 58.5. The van der Waals surface area contributed by atoms with Gasteiger partial charge in [0.2, 0.25) is 0 Å². The number of piperidine rings is 2. The third kappa shape index (κ3) is 13.9. The van der Waals surface area contributed by atoms with Crippen molar-refractivity contribution in [2.45, 2.75) is 213 Å². The average Bonchev–Trinajstić information content (AvgIpc) is 1.47. The van der Waals surface area contributed by atoms with Crippen LogP contribution in [0.15, 0.2) is 91.0 Å². The molecule has 0 aromatic heterocycles. The second kappa shape index (κ2) is 27.5. The minimum atomic E-state index is -0.489. The Kier molecular flexibility index (Phi) is 20.4. The van der Waals surface area contributed by atoms with E-state index in [0.29, 0.717) is 31.1 Å². The Balaban J connectivity index is 0.000000144. The van der Waals surface area contributed by atoms with Crippen LogP contribution in [0.3, 0.4) is 0 Å². The van der Waals surface area contributed by atoms with Crippen LogP contribution in [0.1, 0.15) is 179 Å². The number of amides is 7. The lowest BCUT2D eigenvalue weighted by molar-refractivity contribution is 0.0144. The molecule has 0 radical (unpaired) electrons. The summed E-state index contributed by atoms with van der Waals surface area (Å²) in [5.74, 6) is 2.17. The predicted molar refractivity (Wildman–Crippen MR) is 369 cm³/mol. The van der Waals surface area contributed by atoms with Crippen LogP contribution in [0.5, 0.6) is 0 Å². The van der Waals surface area contributed by atoms with Gasteiger partial charge in [-0.1, -0.05) is 91.0 Å². The zero-order chi connectivity index (χ0) is 64.0. The van der Waals surface area contributed by atoms with Crippen LogP contribution in [0.4, 0.5) is 19.2 Å². The molecule has 16 nitrogen and oxygen atoms in total. The molecule has 7 amide bonds. The van der Waals surface area contributed by atoms with E-state index in [4.69, 9.17) is 4.74 Å². The van der Waals surface area contributed by atoms with Crippen molar-refractivity contribution >= 4 is 36.6 Å². The first-order valence-electron chi connectivity index (χ1n) is 35.7. The molecule has 0 unspecified atom stereocenters. The number of hydrogen-bond acceptors (Lipinski definition) is 9. The SMILES string of the molecule is CN(C)C1(c2ccccc2)CCC2(CC1)CN(C1CCN(C(=O)OC(C)(C)C)CC1)C(=O)N2CC1CC1.CN(C)C1(c2ccccc2)CCC2(CC1)CN(C1CCNCC1)C(=O)N2CC1CC1.CN(C)C1(c2ccccc2)CCC2(CC1)CNC(=O)N2CC1CC1.Cl. The topological polar surface area (TPSA) is 131 Å². The molecule has 0 atom stereocenters. The van der Waals surface area contributed by atoms with Gasteiger partial charge in [-0.05, 0) is 252 Å². The van der Waals surface area contributed by atoms with Gasteiger partial charge in [-0.25, -0.2) is 19.2 Å². The van der Waals surface area contributed by atoms with E-state index in [2.05, 4.69) is 183 Å². The van der Waals surface area contributed by atoms with E-state index in [1.165, 1.54) is 55.2 Å². The summed E-state index contributed by atoms with van der Waals surface area (Å²) in [6.45, 7) is 14.6. The number of hydrogen-bond donors (Lipinski definition) is 2. The van der Waals surface area contributed by atoms with Crippen molar-refractivity contribution in [3.05, 3.63) is 108 Å². The molecule has 5 heterocycles. The Hall–Kier alpha value is -5.13. The van der Waals surface area contributed by atoms with Gasteiger partial charge < -0.3 is 44.8 Å². The molecular weight excluding hydrogens is 1170 g/mol. The van der Waals surface area contributed by atoms with Crippen LogP contribution >= 0.6 is 12.4 Å². The highest BCUT2D eigenvalue weighted by Crippen LogP contribution is 2.54. The minimum absolute atomic E-state index is 0. The number of halogens is 1. The van der Waals surface area contributed by atoms with Gasteiger partial charge in [-0.3, -0.25) is 14.7 Å². The van der Waals surface area contributed by atoms with E-state index in [9.17, 15) is 19.2 Å². The highest BCUT2D eigenvalue weighted by molar-refractivity contribution is 5.85. The van der Waals surface area contributed by atoms with Crippen molar-refractivity contribution < 1.29 is 23.9 Å². The van der Waals surface area contributed by atoms with Crippen molar-refractivity contribution in [3.63, 3.8) is 0 Å². The number of nitrogens with zero attached hydrogens (tertiary/aromatic N) is 9. The molecular formula is C75H114ClN11O5. The summed E-state index contributed by atoms with van der Waals surface area (Å²) in [5.41, 5.74) is 3.97. The minimum Gasteiger partial charge on any atom is -0.444 e. The molecule has 17 heteroatoms. The number of carbonyl (C=O) groups is 4. The molecule has 11 fully saturated rings. The lowest BCUT2D eigenvalue weighted by Crippen LogP contribution is -2.55. The van der Waals surface area contributed by atoms with Gasteiger partial charge in [0.25, 0.3) is 0 Å². The van der Waals surface area contributed by atoms with Gasteiger partial charge in [0.15, 0.2) is 0 Å².